The molecule has 0 radical (unpaired) electrons. The standard InChI is InChI=1S/C15H10N12/c1-21-15-14(20)26-10-6-8(24-12(18)4(2-16)22-6)9-7(11(10)27-15)23-5(3-17)13(19)25-9/h1H3,(H2,18,24)(H2,19,25)(H2,20,26)(H,21,27). The van der Waals surface area contributed by atoms with Crippen LogP contribution in [-0.4, -0.2) is 37.0 Å². The summed E-state index contributed by atoms with van der Waals surface area (Å²) in [5.74, 6) is 0.270. The Morgan fingerprint density at radius 1 is 0.630 bits per heavy atom. The SMILES string of the molecule is CNc1nc2c(nc1N)c1nc(C#N)c(N)nc1c1nc(N)c(C#N)nc12. The van der Waals surface area contributed by atoms with Gasteiger partial charge in [0.2, 0.25) is 0 Å². The van der Waals surface area contributed by atoms with Gasteiger partial charge in [0.1, 0.15) is 45.2 Å². The normalized spacial score (nSPS) is 10.8. The van der Waals surface area contributed by atoms with Crippen molar-refractivity contribution in [3.63, 3.8) is 0 Å². The summed E-state index contributed by atoms with van der Waals surface area (Å²) >= 11 is 0. The van der Waals surface area contributed by atoms with Crippen molar-refractivity contribution in [1.82, 2.24) is 29.9 Å². The van der Waals surface area contributed by atoms with Gasteiger partial charge in [-0.25, -0.2) is 29.9 Å². The molecule has 1 aromatic carbocycles. The maximum atomic E-state index is 9.24. The molecule has 12 heteroatoms. The van der Waals surface area contributed by atoms with E-state index in [2.05, 4.69) is 35.2 Å². The molecule has 0 saturated carbocycles. The number of nitriles is 2. The van der Waals surface area contributed by atoms with Crippen LogP contribution in [0.1, 0.15) is 11.4 Å². The maximum Gasteiger partial charge on any atom is 0.183 e. The van der Waals surface area contributed by atoms with E-state index < -0.39 is 0 Å². The van der Waals surface area contributed by atoms with Crippen molar-refractivity contribution >= 4 is 56.4 Å². The number of hydrogen-bond acceptors (Lipinski definition) is 12. The van der Waals surface area contributed by atoms with Crippen LogP contribution in [0.3, 0.4) is 0 Å². The highest BCUT2D eigenvalue weighted by molar-refractivity contribution is 6.19. The topological polar surface area (TPSA) is 215 Å². The minimum atomic E-state index is -0.0804. The fourth-order valence-electron chi connectivity index (χ4n) is 2.68. The number of hydrogen-bond donors (Lipinski definition) is 4. The Hall–Kier alpha value is -4.58. The van der Waals surface area contributed by atoms with Crippen molar-refractivity contribution in [3.8, 4) is 12.1 Å². The molecule has 4 aromatic rings. The van der Waals surface area contributed by atoms with Crippen LogP contribution in [-0.2, 0) is 0 Å². The molecule has 12 nitrogen and oxygen atoms in total. The number of benzene rings is 1. The number of rotatable bonds is 1. The zero-order valence-electron chi connectivity index (χ0n) is 13.8. The Morgan fingerprint density at radius 3 is 1.41 bits per heavy atom. The molecule has 0 saturated heterocycles. The summed E-state index contributed by atoms with van der Waals surface area (Å²) in [6.45, 7) is 0. The van der Waals surface area contributed by atoms with Crippen molar-refractivity contribution in [2.75, 3.05) is 29.6 Å². The summed E-state index contributed by atoms with van der Waals surface area (Å²) in [6.07, 6.45) is 0. The first kappa shape index (κ1) is 15.9. The number of nitrogens with one attached hydrogen (secondary N) is 1. The fraction of sp³-hybridized carbons (Fsp3) is 0.0667. The van der Waals surface area contributed by atoms with Gasteiger partial charge >= 0.3 is 0 Å². The molecule has 3 aromatic heterocycles. The van der Waals surface area contributed by atoms with Crippen molar-refractivity contribution in [2.45, 2.75) is 0 Å². The first-order chi connectivity index (χ1) is 13.0. The Balaban J connectivity index is 2.37. The number of nitrogens with zero attached hydrogens (tertiary/aromatic N) is 8. The van der Waals surface area contributed by atoms with Crippen LogP contribution in [0.5, 0.6) is 0 Å². The highest BCUT2D eigenvalue weighted by atomic mass is 15.1. The highest BCUT2D eigenvalue weighted by Crippen LogP contribution is 2.33. The zero-order valence-corrected chi connectivity index (χ0v) is 13.8. The Kier molecular flexibility index (Phi) is 3.22. The summed E-state index contributed by atoms with van der Waals surface area (Å²) in [5.41, 5.74) is 18.9. The summed E-state index contributed by atoms with van der Waals surface area (Å²) in [4.78, 5) is 25.7. The van der Waals surface area contributed by atoms with Gasteiger partial charge in [0.15, 0.2) is 34.7 Å². The van der Waals surface area contributed by atoms with Gasteiger partial charge in [-0.05, 0) is 0 Å². The molecule has 0 fully saturated rings. The Morgan fingerprint density at radius 2 is 1.00 bits per heavy atom. The van der Waals surface area contributed by atoms with Crippen LogP contribution < -0.4 is 22.5 Å². The molecule has 0 aliphatic carbocycles. The van der Waals surface area contributed by atoms with Gasteiger partial charge in [-0.1, -0.05) is 0 Å². The van der Waals surface area contributed by atoms with Crippen molar-refractivity contribution in [1.29, 1.82) is 10.5 Å². The third-order valence-corrected chi connectivity index (χ3v) is 3.89. The van der Waals surface area contributed by atoms with E-state index in [9.17, 15) is 10.5 Å². The molecule has 0 unspecified atom stereocenters. The highest BCUT2D eigenvalue weighted by Gasteiger charge is 2.21. The summed E-state index contributed by atoms with van der Waals surface area (Å²) < 4.78 is 0. The van der Waals surface area contributed by atoms with E-state index in [1.165, 1.54) is 0 Å². The second-order valence-corrected chi connectivity index (χ2v) is 5.44. The first-order valence-corrected chi connectivity index (χ1v) is 7.50. The van der Waals surface area contributed by atoms with E-state index in [0.29, 0.717) is 5.82 Å². The molecule has 7 N–H and O–H groups in total. The predicted molar refractivity (Wildman–Crippen MR) is 97.9 cm³/mol. The second-order valence-electron chi connectivity index (χ2n) is 5.44. The van der Waals surface area contributed by atoms with Crippen molar-refractivity contribution in [3.05, 3.63) is 11.4 Å². The summed E-state index contributed by atoms with van der Waals surface area (Å²) in [5, 5.41) is 21.3. The zero-order chi connectivity index (χ0) is 19.3. The van der Waals surface area contributed by atoms with Gasteiger partial charge in [-0.2, -0.15) is 10.5 Å². The lowest BCUT2D eigenvalue weighted by atomic mass is 10.1. The van der Waals surface area contributed by atoms with Crippen molar-refractivity contribution in [2.24, 2.45) is 0 Å². The Labute approximate surface area is 150 Å². The molecule has 0 aliphatic heterocycles. The lowest BCUT2D eigenvalue weighted by Gasteiger charge is -2.11. The van der Waals surface area contributed by atoms with Gasteiger partial charge in [-0.3, -0.25) is 0 Å². The molecule has 0 amide bonds. The van der Waals surface area contributed by atoms with Gasteiger partial charge in [0, 0.05) is 7.05 Å². The Bertz CT molecular complexity index is 1360. The van der Waals surface area contributed by atoms with Crippen LogP contribution in [0.25, 0.3) is 33.1 Å². The van der Waals surface area contributed by atoms with Gasteiger partial charge < -0.3 is 22.5 Å². The quantitative estimate of drug-likeness (QED) is 0.332. The fourth-order valence-corrected chi connectivity index (χ4v) is 2.68. The maximum absolute atomic E-state index is 9.24. The number of fused-ring (bicyclic) bond motifs is 6. The minimum absolute atomic E-state index is 0.0673. The van der Waals surface area contributed by atoms with Crippen LogP contribution in [0.2, 0.25) is 0 Å². The third kappa shape index (κ3) is 2.14. The van der Waals surface area contributed by atoms with E-state index in [-0.39, 0.29) is 61.9 Å². The summed E-state index contributed by atoms with van der Waals surface area (Å²) in [6, 6.07) is 3.75. The smallest absolute Gasteiger partial charge is 0.183 e. The molecule has 4 rings (SSSR count). The van der Waals surface area contributed by atoms with Crippen molar-refractivity contribution < 1.29 is 0 Å². The van der Waals surface area contributed by atoms with Gasteiger partial charge in [-0.15, -0.1) is 0 Å². The van der Waals surface area contributed by atoms with E-state index >= 15 is 0 Å². The monoisotopic (exact) mass is 358 g/mol. The van der Waals surface area contributed by atoms with Crippen LogP contribution >= 0.6 is 0 Å². The molecule has 0 spiro atoms. The second kappa shape index (κ2) is 5.47. The average Bonchev–Trinajstić information content (AvgIpc) is 2.67. The van der Waals surface area contributed by atoms with E-state index in [1.807, 2.05) is 12.1 Å². The number of nitrogen functional groups attached to an aromatic ring is 3. The van der Waals surface area contributed by atoms with Gasteiger partial charge in [0.25, 0.3) is 0 Å². The van der Waals surface area contributed by atoms with Crippen LogP contribution in [0.4, 0.5) is 23.3 Å². The van der Waals surface area contributed by atoms with Crippen LogP contribution in [0.15, 0.2) is 0 Å². The predicted octanol–water partition coefficient (Wildman–Crippen LogP) is 0.0479. The molecule has 3 heterocycles. The molecule has 0 bridgehead atoms. The first-order valence-electron chi connectivity index (χ1n) is 7.50. The van der Waals surface area contributed by atoms with Crippen LogP contribution in [0, 0.1) is 22.7 Å². The molecule has 27 heavy (non-hydrogen) atoms. The number of nitrogens with two attached hydrogens (primary N) is 3. The molecule has 130 valence electrons. The van der Waals surface area contributed by atoms with E-state index in [0.717, 1.165) is 0 Å². The number of anilines is 4. The van der Waals surface area contributed by atoms with E-state index in [1.54, 1.807) is 7.05 Å². The summed E-state index contributed by atoms with van der Waals surface area (Å²) in [7, 11) is 1.63. The number of aromatic nitrogens is 6. The molecular weight excluding hydrogens is 348 g/mol. The van der Waals surface area contributed by atoms with Gasteiger partial charge in [0.05, 0.1) is 0 Å². The average molecular weight is 358 g/mol. The third-order valence-electron chi connectivity index (χ3n) is 3.89. The molecule has 0 atom stereocenters. The molecule has 0 aliphatic rings. The van der Waals surface area contributed by atoms with E-state index in [4.69, 9.17) is 17.2 Å². The lowest BCUT2D eigenvalue weighted by molar-refractivity contribution is 1.21. The lowest BCUT2D eigenvalue weighted by Crippen LogP contribution is -2.07. The largest absolute Gasteiger partial charge is 0.381 e. The molecular formula is C15H10N12. The minimum Gasteiger partial charge on any atom is -0.381 e.